The number of H-pyrrole nitrogens is 1. The Morgan fingerprint density at radius 2 is 2.00 bits per heavy atom. The number of aromatic nitrogens is 2. The molecular formula is C11H17N3O2. The molecule has 0 bridgehead atoms. The molecule has 88 valence electrons. The molecule has 5 heteroatoms. The lowest BCUT2D eigenvalue weighted by atomic mass is 9.86. The van der Waals surface area contributed by atoms with Gasteiger partial charge in [0, 0.05) is 18.3 Å². The highest BCUT2D eigenvalue weighted by Gasteiger charge is 2.23. The van der Waals surface area contributed by atoms with Gasteiger partial charge in [-0.05, 0) is 38.1 Å². The van der Waals surface area contributed by atoms with Gasteiger partial charge in [-0.15, -0.1) is 0 Å². The van der Waals surface area contributed by atoms with E-state index in [1.807, 2.05) is 0 Å². The smallest absolute Gasteiger partial charge is 0.328 e. The fourth-order valence-corrected chi connectivity index (χ4v) is 2.42. The highest BCUT2D eigenvalue weighted by molar-refractivity contribution is 4.88. The monoisotopic (exact) mass is 223 g/mol. The molecule has 5 nitrogen and oxygen atoms in total. The van der Waals surface area contributed by atoms with Crippen LogP contribution in [0, 0.1) is 5.92 Å². The van der Waals surface area contributed by atoms with Crippen LogP contribution in [0.4, 0.5) is 0 Å². The van der Waals surface area contributed by atoms with Gasteiger partial charge < -0.3 is 10.7 Å². The Bertz CT molecular complexity index is 427. The molecule has 0 aromatic carbocycles. The Morgan fingerprint density at radius 1 is 1.31 bits per heavy atom. The molecule has 0 saturated heterocycles. The van der Waals surface area contributed by atoms with E-state index in [2.05, 4.69) is 4.98 Å². The first kappa shape index (κ1) is 11.1. The highest BCUT2D eigenvalue weighted by Crippen LogP contribution is 2.29. The predicted molar refractivity (Wildman–Crippen MR) is 61.4 cm³/mol. The Kier molecular flexibility index (Phi) is 3.24. The fourth-order valence-electron chi connectivity index (χ4n) is 2.42. The molecule has 1 aliphatic rings. The Morgan fingerprint density at radius 3 is 2.56 bits per heavy atom. The number of hydrogen-bond donors (Lipinski definition) is 2. The summed E-state index contributed by atoms with van der Waals surface area (Å²) < 4.78 is 1.34. The highest BCUT2D eigenvalue weighted by atomic mass is 16.2. The molecule has 0 amide bonds. The third-order valence-corrected chi connectivity index (χ3v) is 3.40. The molecule has 2 rings (SSSR count). The van der Waals surface area contributed by atoms with Crippen LogP contribution in [0.3, 0.4) is 0 Å². The number of nitrogens with zero attached hydrogens (tertiary/aromatic N) is 1. The lowest BCUT2D eigenvalue weighted by molar-refractivity contribution is 0.269. The van der Waals surface area contributed by atoms with Crippen LogP contribution >= 0.6 is 0 Å². The van der Waals surface area contributed by atoms with Crippen molar-refractivity contribution in [2.45, 2.75) is 31.7 Å². The number of nitrogens with one attached hydrogen (secondary N) is 1. The molecule has 1 aromatic rings. The molecule has 0 atom stereocenters. The standard InChI is InChI=1S/C11H17N3O2/c12-7-8-1-3-9(4-2-8)14-10(15)5-6-13-11(14)16/h5-6,8-9H,1-4,7,12H2,(H,13,16). The fraction of sp³-hybridized carbons (Fsp3) is 0.636. The van der Waals surface area contributed by atoms with Gasteiger partial charge in [-0.1, -0.05) is 0 Å². The largest absolute Gasteiger partial charge is 0.330 e. The maximum Gasteiger partial charge on any atom is 0.328 e. The molecule has 0 aliphatic heterocycles. The summed E-state index contributed by atoms with van der Waals surface area (Å²) >= 11 is 0. The van der Waals surface area contributed by atoms with Crippen molar-refractivity contribution in [3.63, 3.8) is 0 Å². The SMILES string of the molecule is NCC1CCC(n2c(=O)cc[nH]c2=O)CC1. The average molecular weight is 223 g/mol. The van der Waals surface area contributed by atoms with Crippen LogP contribution in [0.1, 0.15) is 31.7 Å². The second-order valence-corrected chi connectivity index (χ2v) is 4.40. The minimum atomic E-state index is -0.302. The van der Waals surface area contributed by atoms with Crippen molar-refractivity contribution in [3.8, 4) is 0 Å². The first-order valence-electron chi connectivity index (χ1n) is 5.72. The van der Waals surface area contributed by atoms with Crippen LogP contribution in [0.5, 0.6) is 0 Å². The summed E-state index contributed by atoms with van der Waals surface area (Å²) in [5, 5.41) is 0. The summed E-state index contributed by atoms with van der Waals surface area (Å²) in [6, 6.07) is 1.44. The van der Waals surface area contributed by atoms with E-state index in [1.165, 1.54) is 16.8 Å². The molecule has 0 spiro atoms. The number of hydrogen-bond acceptors (Lipinski definition) is 3. The van der Waals surface area contributed by atoms with Crippen LogP contribution in [-0.4, -0.2) is 16.1 Å². The molecule has 0 unspecified atom stereocenters. The van der Waals surface area contributed by atoms with Gasteiger partial charge in [0.15, 0.2) is 0 Å². The van der Waals surface area contributed by atoms with Crippen molar-refractivity contribution in [2.75, 3.05) is 6.54 Å². The van der Waals surface area contributed by atoms with E-state index >= 15 is 0 Å². The van der Waals surface area contributed by atoms with E-state index in [0.29, 0.717) is 12.5 Å². The normalized spacial score (nSPS) is 25.6. The van der Waals surface area contributed by atoms with Gasteiger partial charge in [0.25, 0.3) is 5.56 Å². The van der Waals surface area contributed by atoms with Crippen LogP contribution in [-0.2, 0) is 0 Å². The van der Waals surface area contributed by atoms with E-state index in [4.69, 9.17) is 5.73 Å². The Balaban J connectivity index is 2.21. The van der Waals surface area contributed by atoms with E-state index in [9.17, 15) is 9.59 Å². The molecular weight excluding hydrogens is 206 g/mol. The molecule has 1 saturated carbocycles. The van der Waals surface area contributed by atoms with E-state index < -0.39 is 0 Å². The van der Waals surface area contributed by atoms with E-state index in [1.54, 1.807) is 0 Å². The lowest BCUT2D eigenvalue weighted by Crippen LogP contribution is -2.39. The number of aromatic amines is 1. The van der Waals surface area contributed by atoms with Crippen LogP contribution < -0.4 is 17.0 Å². The molecule has 1 heterocycles. The summed E-state index contributed by atoms with van der Waals surface area (Å²) in [6.07, 6.45) is 5.14. The van der Waals surface area contributed by atoms with Gasteiger partial charge in [0.1, 0.15) is 0 Å². The second kappa shape index (κ2) is 4.65. The summed E-state index contributed by atoms with van der Waals surface area (Å²) in [5.41, 5.74) is 5.10. The molecule has 3 N–H and O–H groups in total. The van der Waals surface area contributed by atoms with Crippen molar-refractivity contribution < 1.29 is 0 Å². The minimum Gasteiger partial charge on any atom is -0.330 e. The first-order chi connectivity index (χ1) is 7.72. The van der Waals surface area contributed by atoms with Gasteiger partial charge in [-0.25, -0.2) is 4.79 Å². The van der Waals surface area contributed by atoms with Gasteiger partial charge in [-0.2, -0.15) is 0 Å². The predicted octanol–water partition coefficient (Wildman–Crippen LogP) is 0.227. The van der Waals surface area contributed by atoms with Crippen molar-refractivity contribution in [1.82, 2.24) is 9.55 Å². The zero-order chi connectivity index (χ0) is 11.5. The van der Waals surface area contributed by atoms with Crippen molar-refractivity contribution in [3.05, 3.63) is 33.1 Å². The molecule has 1 aliphatic carbocycles. The molecule has 0 radical (unpaired) electrons. The maximum atomic E-state index is 11.6. The lowest BCUT2D eigenvalue weighted by Gasteiger charge is -2.28. The number of rotatable bonds is 2. The van der Waals surface area contributed by atoms with E-state index in [-0.39, 0.29) is 17.3 Å². The van der Waals surface area contributed by atoms with Crippen molar-refractivity contribution >= 4 is 0 Å². The van der Waals surface area contributed by atoms with Gasteiger partial charge in [-0.3, -0.25) is 9.36 Å². The zero-order valence-corrected chi connectivity index (χ0v) is 9.19. The second-order valence-electron chi connectivity index (χ2n) is 4.40. The summed E-state index contributed by atoms with van der Waals surface area (Å²) in [7, 11) is 0. The average Bonchev–Trinajstić information content (AvgIpc) is 2.30. The third-order valence-electron chi connectivity index (χ3n) is 3.40. The van der Waals surface area contributed by atoms with E-state index in [0.717, 1.165) is 25.7 Å². The van der Waals surface area contributed by atoms with Crippen molar-refractivity contribution in [2.24, 2.45) is 11.7 Å². The maximum absolute atomic E-state index is 11.6. The Hall–Kier alpha value is -1.36. The zero-order valence-electron chi connectivity index (χ0n) is 9.19. The molecule has 1 aromatic heterocycles. The van der Waals surface area contributed by atoms with Gasteiger partial charge in [0.2, 0.25) is 0 Å². The van der Waals surface area contributed by atoms with Crippen LogP contribution in [0.2, 0.25) is 0 Å². The third kappa shape index (κ3) is 2.09. The van der Waals surface area contributed by atoms with Crippen LogP contribution in [0.25, 0.3) is 0 Å². The molecule has 1 fully saturated rings. The number of nitrogens with two attached hydrogens (primary N) is 1. The first-order valence-corrected chi connectivity index (χ1v) is 5.72. The van der Waals surface area contributed by atoms with Crippen LogP contribution in [0.15, 0.2) is 21.9 Å². The van der Waals surface area contributed by atoms with Gasteiger partial charge in [0.05, 0.1) is 0 Å². The quantitative estimate of drug-likeness (QED) is 0.753. The summed E-state index contributed by atoms with van der Waals surface area (Å²) in [5.74, 6) is 0.551. The molecule has 16 heavy (non-hydrogen) atoms. The topological polar surface area (TPSA) is 80.9 Å². The summed E-state index contributed by atoms with van der Waals surface area (Å²) in [4.78, 5) is 25.7. The van der Waals surface area contributed by atoms with Gasteiger partial charge >= 0.3 is 5.69 Å². The summed E-state index contributed by atoms with van der Waals surface area (Å²) in [6.45, 7) is 0.701. The van der Waals surface area contributed by atoms with Crippen molar-refractivity contribution in [1.29, 1.82) is 0 Å². The Labute approximate surface area is 93.3 Å². The minimum absolute atomic E-state index is 0.0419.